The van der Waals surface area contributed by atoms with E-state index < -0.39 is 0 Å². The van der Waals surface area contributed by atoms with Crippen molar-refractivity contribution in [1.82, 2.24) is 5.32 Å². The van der Waals surface area contributed by atoms with E-state index in [0.717, 1.165) is 6.54 Å². The summed E-state index contributed by atoms with van der Waals surface area (Å²) in [5, 5.41) is 3.19. The second-order valence-corrected chi connectivity index (χ2v) is 5.00. The summed E-state index contributed by atoms with van der Waals surface area (Å²) in [6.07, 6.45) is 0. The zero-order valence-electron chi connectivity index (χ0n) is 12.2. The standard InChI is InChI=1S/C17H22N2/c1-13-7-5-6-8-16(13)19(4)17-10-9-15(12-18-3)11-14(17)2/h5-11,18H,12H2,1-4H3. The third kappa shape index (κ3) is 2.96. The quantitative estimate of drug-likeness (QED) is 0.893. The minimum atomic E-state index is 0.912. The molecular weight excluding hydrogens is 232 g/mol. The second-order valence-electron chi connectivity index (χ2n) is 5.00. The van der Waals surface area contributed by atoms with E-state index in [2.05, 4.69) is 73.6 Å². The average molecular weight is 254 g/mol. The Hall–Kier alpha value is -1.80. The van der Waals surface area contributed by atoms with Crippen molar-refractivity contribution in [3.8, 4) is 0 Å². The highest BCUT2D eigenvalue weighted by Gasteiger charge is 2.09. The fourth-order valence-corrected chi connectivity index (χ4v) is 2.48. The number of anilines is 2. The van der Waals surface area contributed by atoms with E-state index in [4.69, 9.17) is 0 Å². The molecule has 0 amide bonds. The minimum absolute atomic E-state index is 0.912. The van der Waals surface area contributed by atoms with Gasteiger partial charge in [-0.1, -0.05) is 30.3 Å². The molecule has 2 aromatic rings. The summed E-state index contributed by atoms with van der Waals surface area (Å²) in [5.41, 5.74) is 6.44. The molecule has 2 heteroatoms. The van der Waals surface area contributed by atoms with Gasteiger partial charge in [-0.15, -0.1) is 0 Å². The molecule has 2 rings (SSSR count). The SMILES string of the molecule is CNCc1ccc(N(C)c2ccccc2C)c(C)c1. The smallest absolute Gasteiger partial charge is 0.0438 e. The second kappa shape index (κ2) is 5.89. The topological polar surface area (TPSA) is 15.3 Å². The fraction of sp³-hybridized carbons (Fsp3) is 0.294. The van der Waals surface area contributed by atoms with Gasteiger partial charge in [0.25, 0.3) is 0 Å². The number of nitrogens with one attached hydrogen (secondary N) is 1. The Kier molecular flexibility index (Phi) is 4.23. The van der Waals surface area contributed by atoms with Gasteiger partial charge >= 0.3 is 0 Å². The molecule has 1 N–H and O–H groups in total. The van der Waals surface area contributed by atoms with E-state index in [9.17, 15) is 0 Å². The van der Waals surface area contributed by atoms with E-state index in [1.807, 2.05) is 7.05 Å². The summed E-state index contributed by atoms with van der Waals surface area (Å²) >= 11 is 0. The van der Waals surface area contributed by atoms with Crippen LogP contribution in [0.2, 0.25) is 0 Å². The molecule has 0 heterocycles. The van der Waals surface area contributed by atoms with Crippen molar-refractivity contribution in [1.29, 1.82) is 0 Å². The number of aryl methyl sites for hydroxylation is 2. The molecule has 2 aromatic carbocycles. The Morgan fingerprint density at radius 1 is 0.947 bits per heavy atom. The summed E-state index contributed by atoms with van der Waals surface area (Å²) in [5.74, 6) is 0. The van der Waals surface area contributed by atoms with E-state index >= 15 is 0 Å². The average Bonchev–Trinajstić information content (AvgIpc) is 2.39. The van der Waals surface area contributed by atoms with Crippen LogP contribution in [0.1, 0.15) is 16.7 Å². The first kappa shape index (κ1) is 13.6. The molecule has 100 valence electrons. The zero-order chi connectivity index (χ0) is 13.8. The molecule has 0 saturated carbocycles. The summed E-state index contributed by atoms with van der Waals surface area (Å²) < 4.78 is 0. The summed E-state index contributed by atoms with van der Waals surface area (Å²) in [7, 11) is 4.10. The van der Waals surface area contributed by atoms with Crippen LogP contribution in [0.5, 0.6) is 0 Å². The van der Waals surface area contributed by atoms with Gasteiger partial charge in [-0.2, -0.15) is 0 Å². The Balaban J connectivity index is 2.34. The van der Waals surface area contributed by atoms with Crippen LogP contribution in [0.15, 0.2) is 42.5 Å². The molecule has 0 atom stereocenters. The number of para-hydroxylation sites is 1. The van der Waals surface area contributed by atoms with Gasteiger partial charge in [0.05, 0.1) is 0 Å². The predicted molar refractivity (Wildman–Crippen MR) is 83.2 cm³/mol. The van der Waals surface area contributed by atoms with Gasteiger partial charge in [0, 0.05) is 25.0 Å². The van der Waals surface area contributed by atoms with E-state index in [1.54, 1.807) is 0 Å². The Labute approximate surface area is 116 Å². The van der Waals surface area contributed by atoms with E-state index in [0.29, 0.717) is 0 Å². The van der Waals surface area contributed by atoms with E-state index in [-0.39, 0.29) is 0 Å². The maximum atomic E-state index is 3.19. The van der Waals surface area contributed by atoms with Crippen LogP contribution in [0.25, 0.3) is 0 Å². The monoisotopic (exact) mass is 254 g/mol. The molecule has 0 fully saturated rings. The molecule has 0 aromatic heterocycles. The number of benzene rings is 2. The summed E-state index contributed by atoms with van der Waals surface area (Å²) in [6, 6.07) is 15.1. The van der Waals surface area contributed by atoms with Crippen LogP contribution in [-0.4, -0.2) is 14.1 Å². The number of hydrogen-bond donors (Lipinski definition) is 1. The van der Waals surface area contributed by atoms with Crippen LogP contribution >= 0.6 is 0 Å². The van der Waals surface area contributed by atoms with Crippen LogP contribution in [-0.2, 0) is 6.54 Å². The molecule has 0 bridgehead atoms. The van der Waals surface area contributed by atoms with Crippen molar-refractivity contribution in [2.24, 2.45) is 0 Å². The predicted octanol–water partition coefficient (Wildman–Crippen LogP) is 3.79. The van der Waals surface area contributed by atoms with Crippen molar-refractivity contribution in [2.45, 2.75) is 20.4 Å². The molecule has 0 spiro atoms. The van der Waals surface area contributed by atoms with Crippen molar-refractivity contribution < 1.29 is 0 Å². The summed E-state index contributed by atoms with van der Waals surface area (Å²) in [6.45, 7) is 5.23. The molecule has 2 nitrogen and oxygen atoms in total. The first-order valence-electron chi connectivity index (χ1n) is 6.67. The van der Waals surface area contributed by atoms with Gasteiger partial charge in [0.2, 0.25) is 0 Å². The molecule has 0 aliphatic carbocycles. The van der Waals surface area contributed by atoms with Crippen molar-refractivity contribution >= 4 is 11.4 Å². The maximum absolute atomic E-state index is 3.19. The van der Waals surface area contributed by atoms with Crippen LogP contribution in [0.4, 0.5) is 11.4 Å². The Bertz CT molecular complexity index is 561. The lowest BCUT2D eigenvalue weighted by atomic mass is 10.1. The molecule has 0 aliphatic rings. The largest absolute Gasteiger partial charge is 0.344 e. The third-order valence-electron chi connectivity index (χ3n) is 3.48. The van der Waals surface area contributed by atoms with Crippen molar-refractivity contribution in [3.63, 3.8) is 0 Å². The first-order chi connectivity index (χ1) is 9.13. The van der Waals surface area contributed by atoms with Gasteiger partial charge in [-0.3, -0.25) is 0 Å². The lowest BCUT2D eigenvalue weighted by Crippen LogP contribution is -2.13. The van der Waals surface area contributed by atoms with Crippen LogP contribution < -0.4 is 10.2 Å². The van der Waals surface area contributed by atoms with Crippen molar-refractivity contribution in [2.75, 3.05) is 19.0 Å². The highest BCUT2D eigenvalue weighted by molar-refractivity contribution is 5.68. The Morgan fingerprint density at radius 3 is 2.26 bits per heavy atom. The molecule has 19 heavy (non-hydrogen) atoms. The number of hydrogen-bond acceptors (Lipinski definition) is 2. The van der Waals surface area contributed by atoms with Gasteiger partial charge < -0.3 is 10.2 Å². The van der Waals surface area contributed by atoms with Gasteiger partial charge in [-0.25, -0.2) is 0 Å². The molecular formula is C17H22N2. The van der Waals surface area contributed by atoms with Crippen LogP contribution in [0, 0.1) is 13.8 Å². The molecule has 0 saturated heterocycles. The minimum Gasteiger partial charge on any atom is -0.344 e. The summed E-state index contributed by atoms with van der Waals surface area (Å²) in [4.78, 5) is 2.26. The van der Waals surface area contributed by atoms with E-state index in [1.165, 1.54) is 28.1 Å². The van der Waals surface area contributed by atoms with Gasteiger partial charge in [0.1, 0.15) is 0 Å². The highest BCUT2D eigenvalue weighted by Crippen LogP contribution is 2.29. The van der Waals surface area contributed by atoms with Gasteiger partial charge in [-0.05, 0) is 49.7 Å². The molecule has 0 unspecified atom stereocenters. The Morgan fingerprint density at radius 2 is 1.63 bits per heavy atom. The number of nitrogens with zero attached hydrogens (tertiary/aromatic N) is 1. The van der Waals surface area contributed by atoms with Crippen LogP contribution in [0.3, 0.4) is 0 Å². The maximum Gasteiger partial charge on any atom is 0.0438 e. The first-order valence-corrected chi connectivity index (χ1v) is 6.67. The van der Waals surface area contributed by atoms with Gasteiger partial charge in [0.15, 0.2) is 0 Å². The zero-order valence-corrected chi connectivity index (χ0v) is 12.2. The van der Waals surface area contributed by atoms with Crippen molar-refractivity contribution in [3.05, 3.63) is 59.2 Å². The molecule has 0 aliphatic heterocycles. The third-order valence-corrected chi connectivity index (χ3v) is 3.48. The normalized spacial score (nSPS) is 10.5. The number of rotatable bonds is 4. The highest BCUT2D eigenvalue weighted by atomic mass is 15.1. The lowest BCUT2D eigenvalue weighted by Gasteiger charge is -2.24. The fourth-order valence-electron chi connectivity index (χ4n) is 2.48. The lowest BCUT2D eigenvalue weighted by molar-refractivity contribution is 0.817. The molecule has 0 radical (unpaired) electrons.